The first kappa shape index (κ1) is 24.6. The van der Waals surface area contributed by atoms with E-state index in [2.05, 4.69) is 20.6 Å². The van der Waals surface area contributed by atoms with Crippen molar-refractivity contribution in [3.63, 3.8) is 0 Å². The van der Waals surface area contributed by atoms with E-state index in [1.54, 1.807) is 11.3 Å². The number of thiazole rings is 1. The predicted octanol–water partition coefficient (Wildman–Crippen LogP) is 3.95. The fraction of sp³-hybridized carbons (Fsp3) is 0.500. The van der Waals surface area contributed by atoms with Crippen molar-refractivity contribution >= 4 is 41.3 Å². The van der Waals surface area contributed by atoms with Crippen LogP contribution in [0.5, 0.6) is 5.75 Å². The maximum atomic E-state index is 10.4. The number of hydrogen-bond acceptors (Lipinski definition) is 5. The molecule has 156 valence electrons. The summed E-state index contributed by atoms with van der Waals surface area (Å²) in [5.41, 5.74) is 1.87. The lowest BCUT2D eigenvalue weighted by atomic mass is 10.1. The Morgan fingerprint density at radius 2 is 1.89 bits per heavy atom. The first-order valence-corrected chi connectivity index (χ1v) is 10.1. The number of guanidine groups is 1. The Morgan fingerprint density at radius 3 is 2.43 bits per heavy atom. The van der Waals surface area contributed by atoms with Crippen LogP contribution in [0, 0.1) is 13.8 Å². The molecule has 0 saturated carbocycles. The minimum Gasteiger partial charge on any atom is -0.491 e. The van der Waals surface area contributed by atoms with Crippen molar-refractivity contribution < 1.29 is 9.84 Å². The van der Waals surface area contributed by atoms with Crippen LogP contribution in [0.1, 0.15) is 48.0 Å². The molecule has 1 aromatic carbocycles. The van der Waals surface area contributed by atoms with E-state index in [1.165, 1.54) is 0 Å². The minimum atomic E-state index is -0.630. The van der Waals surface area contributed by atoms with Gasteiger partial charge < -0.3 is 20.5 Å². The molecule has 1 unspecified atom stereocenters. The van der Waals surface area contributed by atoms with Crippen molar-refractivity contribution in [2.75, 3.05) is 13.1 Å². The Hall–Kier alpha value is -1.39. The SMILES string of the molecule is CCNC(=NCc1sc(C)nc1C)NCC(O)c1ccc(OC(C)C)cc1.I. The average molecular weight is 518 g/mol. The van der Waals surface area contributed by atoms with Crippen LogP contribution in [0.3, 0.4) is 0 Å². The molecule has 0 saturated heterocycles. The van der Waals surface area contributed by atoms with E-state index in [9.17, 15) is 5.11 Å². The van der Waals surface area contributed by atoms with Gasteiger partial charge in [0.1, 0.15) is 5.75 Å². The molecule has 28 heavy (non-hydrogen) atoms. The lowest BCUT2D eigenvalue weighted by Crippen LogP contribution is -2.39. The molecule has 1 aromatic heterocycles. The maximum Gasteiger partial charge on any atom is 0.191 e. The van der Waals surface area contributed by atoms with Gasteiger partial charge in [-0.3, -0.25) is 0 Å². The largest absolute Gasteiger partial charge is 0.491 e. The van der Waals surface area contributed by atoms with E-state index in [0.717, 1.165) is 33.4 Å². The highest BCUT2D eigenvalue weighted by Crippen LogP contribution is 2.19. The van der Waals surface area contributed by atoms with E-state index in [0.29, 0.717) is 19.0 Å². The topological polar surface area (TPSA) is 78.8 Å². The summed E-state index contributed by atoms with van der Waals surface area (Å²) in [6, 6.07) is 7.54. The second-order valence-electron chi connectivity index (χ2n) is 6.57. The predicted molar refractivity (Wildman–Crippen MR) is 127 cm³/mol. The molecule has 0 radical (unpaired) electrons. The molecular weight excluding hydrogens is 487 g/mol. The molecule has 0 spiro atoms. The van der Waals surface area contributed by atoms with Gasteiger partial charge in [0.2, 0.25) is 0 Å². The van der Waals surface area contributed by atoms with E-state index >= 15 is 0 Å². The normalized spacial score (nSPS) is 12.5. The smallest absolute Gasteiger partial charge is 0.191 e. The molecule has 6 nitrogen and oxygen atoms in total. The van der Waals surface area contributed by atoms with Crippen LogP contribution in [0.15, 0.2) is 29.3 Å². The number of ether oxygens (including phenoxy) is 1. The van der Waals surface area contributed by atoms with Crippen molar-refractivity contribution in [1.29, 1.82) is 0 Å². The second kappa shape index (κ2) is 12.2. The van der Waals surface area contributed by atoms with E-state index in [4.69, 9.17) is 4.74 Å². The standard InChI is InChI=1S/C20H30N4O2S.HI/c1-6-21-20(23-12-19-14(4)24-15(5)27-19)22-11-18(25)16-7-9-17(10-8-16)26-13(2)3;/h7-10,13,18,25H,6,11-12H2,1-5H3,(H2,21,22,23);1H. The number of aromatic nitrogens is 1. The summed E-state index contributed by atoms with van der Waals surface area (Å²) >= 11 is 1.67. The zero-order chi connectivity index (χ0) is 19.8. The lowest BCUT2D eigenvalue weighted by molar-refractivity contribution is 0.180. The highest BCUT2D eigenvalue weighted by atomic mass is 127. The van der Waals surface area contributed by atoms with Crippen LogP contribution < -0.4 is 15.4 Å². The molecule has 8 heteroatoms. The third kappa shape index (κ3) is 7.92. The Labute approximate surface area is 188 Å². The summed E-state index contributed by atoms with van der Waals surface area (Å²) in [5, 5.41) is 17.9. The van der Waals surface area contributed by atoms with E-state index in [-0.39, 0.29) is 30.1 Å². The zero-order valence-corrected chi connectivity index (χ0v) is 20.3. The molecule has 0 amide bonds. The summed E-state index contributed by atoms with van der Waals surface area (Å²) in [6.07, 6.45) is -0.498. The first-order chi connectivity index (χ1) is 12.9. The van der Waals surface area contributed by atoms with Crippen LogP contribution in [0.4, 0.5) is 0 Å². The molecule has 2 rings (SSSR count). The quantitative estimate of drug-likeness (QED) is 0.280. The summed E-state index contributed by atoms with van der Waals surface area (Å²) < 4.78 is 5.63. The third-order valence-corrected chi connectivity index (χ3v) is 4.88. The summed E-state index contributed by atoms with van der Waals surface area (Å²) in [7, 11) is 0. The molecular formula is C20H31IN4O2S. The van der Waals surface area contributed by atoms with Gasteiger partial charge in [0, 0.05) is 18.0 Å². The summed E-state index contributed by atoms with van der Waals surface area (Å²) in [4.78, 5) is 10.2. The fourth-order valence-corrected chi connectivity index (χ4v) is 3.43. The monoisotopic (exact) mass is 518 g/mol. The van der Waals surface area contributed by atoms with E-state index < -0.39 is 6.10 Å². The van der Waals surface area contributed by atoms with Crippen LogP contribution >= 0.6 is 35.3 Å². The Kier molecular flexibility index (Phi) is 10.8. The maximum absolute atomic E-state index is 10.4. The van der Waals surface area contributed by atoms with Gasteiger partial charge in [-0.2, -0.15) is 0 Å². The summed E-state index contributed by atoms with van der Waals surface area (Å²) in [6.45, 7) is 11.7. The highest BCUT2D eigenvalue weighted by Gasteiger charge is 2.10. The second-order valence-corrected chi connectivity index (χ2v) is 7.86. The molecule has 0 fully saturated rings. The van der Waals surface area contributed by atoms with Gasteiger partial charge in [0.05, 0.1) is 29.5 Å². The van der Waals surface area contributed by atoms with Crippen molar-refractivity contribution in [3.05, 3.63) is 45.4 Å². The van der Waals surface area contributed by atoms with Crippen LogP contribution in [0.25, 0.3) is 0 Å². The molecule has 2 aromatic rings. The van der Waals surface area contributed by atoms with Gasteiger partial charge in [0.15, 0.2) is 5.96 Å². The van der Waals surface area contributed by atoms with Crippen LogP contribution in [0.2, 0.25) is 0 Å². The Bertz CT molecular complexity index is 747. The molecule has 1 atom stereocenters. The molecule has 3 N–H and O–H groups in total. The lowest BCUT2D eigenvalue weighted by Gasteiger charge is -2.16. The van der Waals surface area contributed by atoms with Gasteiger partial charge >= 0.3 is 0 Å². The third-order valence-electron chi connectivity index (χ3n) is 3.82. The molecule has 0 aliphatic heterocycles. The van der Waals surface area contributed by atoms with Crippen molar-refractivity contribution in [2.24, 2.45) is 4.99 Å². The first-order valence-electron chi connectivity index (χ1n) is 9.28. The number of aliphatic hydroxyl groups excluding tert-OH is 1. The minimum absolute atomic E-state index is 0. The van der Waals surface area contributed by atoms with Gasteiger partial charge in [-0.15, -0.1) is 35.3 Å². The number of aliphatic imine (C=N–C) groups is 1. The molecule has 1 heterocycles. The van der Waals surface area contributed by atoms with Crippen LogP contribution in [-0.2, 0) is 6.54 Å². The molecule has 0 aliphatic carbocycles. The van der Waals surface area contributed by atoms with Gasteiger partial charge in [0.25, 0.3) is 0 Å². The Balaban J connectivity index is 0.00000392. The molecule has 0 aliphatic rings. The van der Waals surface area contributed by atoms with Crippen molar-refractivity contribution in [2.45, 2.75) is 53.4 Å². The molecule has 0 bridgehead atoms. The van der Waals surface area contributed by atoms with E-state index in [1.807, 2.05) is 58.9 Å². The zero-order valence-electron chi connectivity index (χ0n) is 17.2. The number of rotatable bonds is 8. The number of hydrogen-bond donors (Lipinski definition) is 3. The highest BCUT2D eigenvalue weighted by molar-refractivity contribution is 14.0. The van der Waals surface area contributed by atoms with Gasteiger partial charge in [-0.1, -0.05) is 12.1 Å². The fourth-order valence-electron chi connectivity index (χ4n) is 2.56. The van der Waals surface area contributed by atoms with Gasteiger partial charge in [-0.05, 0) is 52.3 Å². The average Bonchev–Trinajstić information content (AvgIpc) is 2.94. The Morgan fingerprint density at radius 1 is 1.21 bits per heavy atom. The number of halogens is 1. The number of benzene rings is 1. The van der Waals surface area contributed by atoms with Crippen LogP contribution in [-0.4, -0.2) is 35.2 Å². The number of nitrogens with one attached hydrogen (secondary N) is 2. The van der Waals surface area contributed by atoms with Crippen molar-refractivity contribution in [1.82, 2.24) is 15.6 Å². The van der Waals surface area contributed by atoms with Crippen molar-refractivity contribution in [3.8, 4) is 5.75 Å². The number of aryl methyl sites for hydroxylation is 2. The van der Waals surface area contributed by atoms with Gasteiger partial charge in [-0.25, -0.2) is 9.98 Å². The number of nitrogens with zero attached hydrogens (tertiary/aromatic N) is 2. The number of aliphatic hydroxyl groups is 1. The summed E-state index contributed by atoms with van der Waals surface area (Å²) in [5.74, 6) is 1.49.